The Kier molecular flexibility index (Phi) is 3.67. The first-order valence-corrected chi connectivity index (χ1v) is 8.39. The third kappa shape index (κ3) is 2.55. The molecule has 116 valence electrons. The zero-order valence-corrected chi connectivity index (χ0v) is 13.2. The van der Waals surface area contributed by atoms with Crippen LogP contribution in [0.2, 0.25) is 0 Å². The summed E-state index contributed by atoms with van der Waals surface area (Å²) in [6.45, 7) is 3.54. The summed E-state index contributed by atoms with van der Waals surface area (Å²) in [5.74, 6) is 0.649. The molecule has 0 spiro atoms. The van der Waals surface area contributed by atoms with Crippen molar-refractivity contribution in [3.05, 3.63) is 29.4 Å². The van der Waals surface area contributed by atoms with Crippen LogP contribution in [0.15, 0.2) is 24.4 Å². The Hall–Kier alpha value is -1.73. The summed E-state index contributed by atoms with van der Waals surface area (Å²) in [5, 5.41) is 10.4. The molecule has 2 fully saturated rings. The Labute approximate surface area is 133 Å². The molecule has 2 aromatic rings. The highest BCUT2D eigenvalue weighted by atomic mass is 32.1. The number of hydrogen-bond acceptors (Lipinski definition) is 7. The Morgan fingerprint density at radius 2 is 2.32 bits per heavy atom. The number of aryl methyl sites for hydroxylation is 1. The average molecular weight is 318 g/mol. The molecular weight excluding hydrogens is 300 g/mol. The largest absolute Gasteiger partial charge is 0.470 e. The molecule has 2 aliphatic rings. The molecule has 0 N–H and O–H groups in total. The molecule has 6 nitrogen and oxygen atoms in total. The van der Waals surface area contributed by atoms with Crippen molar-refractivity contribution in [2.24, 2.45) is 0 Å². The van der Waals surface area contributed by atoms with Crippen molar-refractivity contribution in [1.82, 2.24) is 15.2 Å². The number of aromatic nitrogens is 3. The minimum Gasteiger partial charge on any atom is -0.470 e. The molecule has 0 amide bonds. The highest BCUT2D eigenvalue weighted by molar-refractivity contribution is 7.15. The van der Waals surface area contributed by atoms with E-state index in [1.807, 2.05) is 25.1 Å². The Bertz CT molecular complexity index is 635. The van der Waals surface area contributed by atoms with E-state index >= 15 is 0 Å². The molecule has 0 saturated carbocycles. The summed E-state index contributed by atoms with van der Waals surface area (Å²) in [5.41, 5.74) is 0. The van der Waals surface area contributed by atoms with Crippen molar-refractivity contribution < 1.29 is 9.47 Å². The lowest BCUT2D eigenvalue weighted by atomic mass is 10.0. The van der Waals surface area contributed by atoms with Gasteiger partial charge in [-0.15, -0.1) is 10.2 Å². The van der Waals surface area contributed by atoms with Gasteiger partial charge in [0.25, 0.3) is 0 Å². The molecule has 0 bridgehead atoms. The van der Waals surface area contributed by atoms with Crippen LogP contribution in [0.5, 0.6) is 5.88 Å². The number of anilines is 1. The van der Waals surface area contributed by atoms with Gasteiger partial charge < -0.3 is 14.4 Å². The smallest absolute Gasteiger partial charge is 0.213 e. The number of nitrogens with zero attached hydrogens (tertiary/aromatic N) is 4. The van der Waals surface area contributed by atoms with Crippen LogP contribution in [0.3, 0.4) is 0 Å². The molecule has 2 aromatic heterocycles. The molecule has 0 aromatic carbocycles. The van der Waals surface area contributed by atoms with Crippen LogP contribution in [0.4, 0.5) is 5.13 Å². The first-order chi connectivity index (χ1) is 10.8. The van der Waals surface area contributed by atoms with Gasteiger partial charge in [0.05, 0.1) is 12.6 Å². The fourth-order valence-electron chi connectivity index (χ4n) is 3.21. The maximum Gasteiger partial charge on any atom is 0.213 e. The van der Waals surface area contributed by atoms with E-state index in [0.717, 1.165) is 36.1 Å². The van der Waals surface area contributed by atoms with Crippen LogP contribution in [0, 0.1) is 6.92 Å². The fourth-order valence-corrected chi connectivity index (χ4v) is 3.96. The summed E-state index contributed by atoms with van der Waals surface area (Å²) in [6, 6.07) is 6.02. The summed E-state index contributed by atoms with van der Waals surface area (Å²) < 4.78 is 12.1. The van der Waals surface area contributed by atoms with Crippen LogP contribution in [-0.4, -0.2) is 46.6 Å². The second-order valence-corrected chi connectivity index (χ2v) is 6.79. The van der Waals surface area contributed by atoms with Gasteiger partial charge in [0.15, 0.2) is 0 Å². The summed E-state index contributed by atoms with van der Waals surface area (Å²) in [6.07, 6.45) is 3.97. The van der Waals surface area contributed by atoms with Gasteiger partial charge in [-0.1, -0.05) is 17.4 Å². The second-order valence-electron chi connectivity index (χ2n) is 5.63. The zero-order valence-electron chi connectivity index (χ0n) is 12.4. The number of hydrogen-bond donors (Lipinski definition) is 0. The molecule has 2 saturated heterocycles. The average Bonchev–Trinajstić information content (AvgIpc) is 3.13. The van der Waals surface area contributed by atoms with E-state index in [0.29, 0.717) is 11.9 Å². The second kappa shape index (κ2) is 5.81. The van der Waals surface area contributed by atoms with Crippen molar-refractivity contribution in [2.75, 3.05) is 18.1 Å². The van der Waals surface area contributed by atoms with Gasteiger partial charge in [-0.05, 0) is 25.8 Å². The van der Waals surface area contributed by atoms with Gasteiger partial charge in [-0.25, -0.2) is 4.98 Å². The summed E-state index contributed by atoms with van der Waals surface area (Å²) in [4.78, 5) is 6.55. The summed E-state index contributed by atoms with van der Waals surface area (Å²) >= 11 is 1.63. The normalized spacial score (nSPS) is 27.7. The molecular formula is C15H18N4O2S. The van der Waals surface area contributed by atoms with Crippen molar-refractivity contribution >= 4 is 16.5 Å². The SMILES string of the molecule is Cc1nnc(N2C[C@H](Oc3ccccn3)[C@H]3OCCC[C@H]32)s1. The predicted molar refractivity (Wildman–Crippen MR) is 83.4 cm³/mol. The lowest BCUT2D eigenvalue weighted by Gasteiger charge is -2.31. The van der Waals surface area contributed by atoms with Crippen LogP contribution in [-0.2, 0) is 4.74 Å². The Balaban J connectivity index is 1.57. The van der Waals surface area contributed by atoms with E-state index in [-0.39, 0.29) is 12.2 Å². The van der Waals surface area contributed by atoms with Gasteiger partial charge in [-0.3, -0.25) is 0 Å². The molecule has 4 rings (SSSR count). The van der Waals surface area contributed by atoms with Gasteiger partial charge in [0, 0.05) is 18.9 Å². The van der Waals surface area contributed by atoms with Gasteiger partial charge in [-0.2, -0.15) is 0 Å². The molecule has 0 aliphatic carbocycles. The molecule has 2 aliphatic heterocycles. The van der Waals surface area contributed by atoms with E-state index < -0.39 is 0 Å². The molecule has 7 heteroatoms. The van der Waals surface area contributed by atoms with Crippen LogP contribution in [0.1, 0.15) is 17.8 Å². The van der Waals surface area contributed by atoms with E-state index in [1.54, 1.807) is 17.5 Å². The van der Waals surface area contributed by atoms with Gasteiger partial charge >= 0.3 is 0 Å². The van der Waals surface area contributed by atoms with Crippen LogP contribution < -0.4 is 9.64 Å². The standard InChI is InChI=1S/C15H18N4O2S/c1-10-17-18-15(22-10)19-9-12(14-11(19)5-4-8-20-14)21-13-6-2-3-7-16-13/h2-3,6-7,11-12,14H,4-5,8-9H2,1H3/t11-,12+,14+/m1/s1. The maximum atomic E-state index is 6.08. The fraction of sp³-hybridized carbons (Fsp3) is 0.533. The molecule has 22 heavy (non-hydrogen) atoms. The molecule has 4 heterocycles. The third-order valence-electron chi connectivity index (χ3n) is 4.15. The number of ether oxygens (including phenoxy) is 2. The monoisotopic (exact) mass is 318 g/mol. The highest BCUT2D eigenvalue weighted by Crippen LogP contribution is 2.35. The van der Waals surface area contributed by atoms with Crippen LogP contribution in [0.25, 0.3) is 0 Å². The van der Waals surface area contributed by atoms with E-state index in [4.69, 9.17) is 9.47 Å². The highest BCUT2D eigenvalue weighted by Gasteiger charge is 2.46. The Morgan fingerprint density at radius 3 is 3.09 bits per heavy atom. The number of fused-ring (bicyclic) bond motifs is 1. The van der Waals surface area contributed by atoms with Gasteiger partial charge in [0.1, 0.15) is 17.2 Å². The predicted octanol–water partition coefficient (Wildman–Crippen LogP) is 2.06. The minimum atomic E-state index is -0.0237. The van der Waals surface area contributed by atoms with E-state index in [2.05, 4.69) is 20.1 Å². The van der Waals surface area contributed by atoms with Crippen molar-refractivity contribution in [2.45, 2.75) is 38.0 Å². The lowest BCUT2D eigenvalue weighted by molar-refractivity contribution is -0.0372. The molecule has 0 radical (unpaired) electrons. The zero-order chi connectivity index (χ0) is 14.9. The van der Waals surface area contributed by atoms with Crippen molar-refractivity contribution in [1.29, 1.82) is 0 Å². The van der Waals surface area contributed by atoms with Gasteiger partial charge in [0.2, 0.25) is 11.0 Å². The quantitative estimate of drug-likeness (QED) is 0.863. The molecule has 3 atom stereocenters. The van der Waals surface area contributed by atoms with E-state index in [1.165, 1.54) is 0 Å². The maximum absolute atomic E-state index is 6.08. The Morgan fingerprint density at radius 1 is 1.36 bits per heavy atom. The lowest BCUT2D eigenvalue weighted by Crippen LogP contribution is -2.42. The minimum absolute atomic E-state index is 0.0237. The molecule has 0 unspecified atom stereocenters. The van der Waals surface area contributed by atoms with Crippen molar-refractivity contribution in [3.63, 3.8) is 0 Å². The number of pyridine rings is 1. The first-order valence-electron chi connectivity index (χ1n) is 7.57. The van der Waals surface area contributed by atoms with E-state index in [9.17, 15) is 0 Å². The third-order valence-corrected chi connectivity index (χ3v) is 5.02. The summed E-state index contributed by atoms with van der Waals surface area (Å²) in [7, 11) is 0. The first kappa shape index (κ1) is 13.9. The van der Waals surface area contributed by atoms with Crippen LogP contribution >= 0.6 is 11.3 Å². The van der Waals surface area contributed by atoms with Crippen molar-refractivity contribution in [3.8, 4) is 5.88 Å². The topological polar surface area (TPSA) is 60.4 Å². The number of rotatable bonds is 3.